The number of rotatable bonds is 4. The Kier molecular flexibility index (Phi) is 3.66. The van der Waals surface area contributed by atoms with Crippen molar-refractivity contribution in [1.29, 1.82) is 0 Å². The number of likely N-dealkylation sites (tertiary alicyclic amines) is 1. The van der Waals surface area contributed by atoms with Gasteiger partial charge in [0.25, 0.3) is 0 Å². The molecule has 1 aromatic heterocycles. The predicted molar refractivity (Wildman–Crippen MR) is 63.1 cm³/mol. The van der Waals surface area contributed by atoms with Crippen LogP contribution in [0.15, 0.2) is 16.5 Å². The molecule has 1 fully saturated rings. The van der Waals surface area contributed by atoms with E-state index in [-0.39, 0.29) is 24.1 Å². The molecule has 6 nitrogen and oxygen atoms in total. The van der Waals surface area contributed by atoms with E-state index < -0.39 is 5.97 Å². The van der Waals surface area contributed by atoms with Gasteiger partial charge in [-0.25, -0.2) is 4.79 Å². The number of aromatic carboxylic acids is 1. The quantitative estimate of drug-likeness (QED) is 0.817. The van der Waals surface area contributed by atoms with E-state index in [1.54, 1.807) is 6.07 Å². The molecule has 1 aliphatic heterocycles. The molecular weight excluding hydrogens is 236 g/mol. The van der Waals surface area contributed by atoms with Gasteiger partial charge in [0.05, 0.1) is 12.5 Å². The number of carbonyl (C=O) groups is 2. The molecule has 0 spiro atoms. The average molecular weight is 252 g/mol. The van der Waals surface area contributed by atoms with Gasteiger partial charge in [-0.1, -0.05) is 0 Å². The Morgan fingerprint density at radius 3 is 2.89 bits per heavy atom. The van der Waals surface area contributed by atoms with Gasteiger partial charge in [-0.15, -0.1) is 0 Å². The van der Waals surface area contributed by atoms with Crippen molar-refractivity contribution >= 4 is 11.9 Å². The molecule has 0 bridgehead atoms. The molecule has 2 heterocycles. The van der Waals surface area contributed by atoms with Gasteiger partial charge in [0, 0.05) is 6.54 Å². The molecule has 6 heteroatoms. The first-order chi connectivity index (χ1) is 8.56. The van der Waals surface area contributed by atoms with Gasteiger partial charge >= 0.3 is 5.97 Å². The third kappa shape index (κ3) is 2.89. The fourth-order valence-electron chi connectivity index (χ4n) is 2.06. The van der Waals surface area contributed by atoms with Crippen LogP contribution in [0.25, 0.3) is 0 Å². The van der Waals surface area contributed by atoms with Crippen molar-refractivity contribution in [3.63, 3.8) is 0 Å². The number of furan rings is 1. The molecule has 2 N–H and O–H groups in total. The van der Waals surface area contributed by atoms with E-state index >= 15 is 0 Å². The molecule has 0 radical (unpaired) electrons. The van der Waals surface area contributed by atoms with Crippen molar-refractivity contribution in [2.75, 3.05) is 20.1 Å². The summed E-state index contributed by atoms with van der Waals surface area (Å²) in [5.41, 5.74) is 0. The maximum Gasteiger partial charge on any atom is 0.371 e. The van der Waals surface area contributed by atoms with Crippen LogP contribution in [0.5, 0.6) is 0 Å². The number of hydrogen-bond acceptors (Lipinski definition) is 4. The third-order valence-electron chi connectivity index (χ3n) is 3.07. The zero-order chi connectivity index (χ0) is 13.1. The van der Waals surface area contributed by atoms with E-state index in [4.69, 9.17) is 9.52 Å². The minimum absolute atomic E-state index is 0.00683. The monoisotopic (exact) mass is 252 g/mol. The van der Waals surface area contributed by atoms with Crippen LogP contribution in [0.3, 0.4) is 0 Å². The summed E-state index contributed by atoms with van der Waals surface area (Å²) in [6.07, 6.45) is 0.862. The summed E-state index contributed by atoms with van der Waals surface area (Å²) in [5, 5.41) is 11.5. The van der Waals surface area contributed by atoms with Crippen LogP contribution < -0.4 is 5.32 Å². The van der Waals surface area contributed by atoms with E-state index in [1.807, 2.05) is 7.05 Å². The standard InChI is InChI=1S/C12H16N2O4/c1-14-5-4-8(7-14)11(15)13-6-9-2-3-10(18-9)12(16)17/h2-3,8H,4-7H2,1H3,(H,13,15)(H,16,17). The summed E-state index contributed by atoms with van der Waals surface area (Å²) in [4.78, 5) is 24.5. The highest BCUT2D eigenvalue weighted by Gasteiger charge is 2.25. The average Bonchev–Trinajstić information content (AvgIpc) is 2.94. The first kappa shape index (κ1) is 12.6. The van der Waals surface area contributed by atoms with Crippen molar-refractivity contribution < 1.29 is 19.1 Å². The Hall–Kier alpha value is -1.82. The number of nitrogens with zero attached hydrogens (tertiary/aromatic N) is 1. The molecule has 1 aliphatic rings. The van der Waals surface area contributed by atoms with Crippen LogP contribution in [0.2, 0.25) is 0 Å². The first-order valence-electron chi connectivity index (χ1n) is 5.84. The van der Waals surface area contributed by atoms with Gasteiger partial charge in [0.2, 0.25) is 11.7 Å². The number of carboxylic acid groups (broad SMARTS) is 1. The predicted octanol–water partition coefficient (Wildman–Crippen LogP) is 0.546. The van der Waals surface area contributed by atoms with Crippen LogP contribution in [0, 0.1) is 5.92 Å². The summed E-state index contributed by atoms with van der Waals surface area (Å²) >= 11 is 0. The van der Waals surface area contributed by atoms with Gasteiger partial charge in [0.15, 0.2) is 0 Å². The Bertz CT molecular complexity index is 455. The lowest BCUT2D eigenvalue weighted by Crippen LogP contribution is -2.31. The first-order valence-corrected chi connectivity index (χ1v) is 5.84. The van der Waals surface area contributed by atoms with Crippen molar-refractivity contribution in [2.24, 2.45) is 5.92 Å². The van der Waals surface area contributed by atoms with Gasteiger partial charge in [-0.2, -0.15) is 0 Å². The lowest BCUT2D eigenvalue weighted by atomic mass is 10.1. The molecule has 1 aromatic rings. The van der Waals surface area contributed by atoms with E-state index in [0.29, 0.717) is 5.76 Å². The van der Waals surface area contributed by atoms with Gasteiger partial charge in [-0.05, 0) is 32.1 Å². The molecule has 0 aliphatic carbocycles. The smallest absolute Gasteiger partial charge is 0.371 e. The molecular formula is C12H16N2O4. The Morgan fingerprint density at radius 1 is 1.56 bits per heavy atom. The molecule has 0 aromatic carbocycles. The maximum atomic E-state index is 11.8. The Balaban J connectivity index is 1.83. The SMILES string of the molecule is CN1CCC(C(=O)NCc2ccc(C(=O)O)o2)C1. The lowest BCUT2D eigenvalue weighted by Gasteiger charge is -2.10. The summed E-state index contributed by atoms with van der Waals surface area (Å²) < 4.78 is 5.05. The van der Waals surface area contributed by atoms with Crippen molar-refractivity contribution in [3.8, 4) is 0 Å². The Morgan fingerprint density at radius 2 is 2.33 bits per heavy atom. The maximum absolute atomic E-state index is 11.8. The third-order valence-corrected chi connectivity index (χ3v) is 3.07. The fraction of sp³-hybridized carbons (Fsp3) is 0.500. The summed E-state index contributed by atoms with van der Waals surface area (Å²) in [6, 6.07) is 2.94. The molecule has 1 unspecified atom stereocenters. The van der Waals surface area contributed by atoms with Crippen LogP contribution in [-0.4, -0.2) is 42.0 Å². The molecule has 1 atom stereocenters. The minimum atomic E-state index is -1.11. The molecule has 1 amide bonds. The van der Waals surface area contributed by atoms with Crippen LogP contribution in [0.4, 0.5) is 0 Å². The zero-order valence-electron chi connectivity index (χ0n) is 10.2. The van der Waals surface area contributed by atoms with Crippen LogP contribution in [-0.2, 0) is 11.3 Å². The number of amides is 1. The topological polar surface area (TPSA) is 82.8 Å². The van der Waals surface area contributed by atoms with Gasteiger partial charge < -0.3 is 19.7 Å². The second-order valence-corrected chi connectivity index (χ2v) is 4.54. The molecule has 2 rings (SSSR count). The van der Waals surface area contributed by atoms with Gasteiger partial charge in [-0.3, -0.25) is 4.79 Å². The van der Waals surface area contributed by atoms with Crippen LogP contribution in [0.1, 0.15) is 22.7 Å². The number of nitrogens with one attached hydrogen (secondary N) is 1. The normalized spacial score (nSPS) is 19.9. The van der Waals surface area contributed by atoms with E-state index in [2.05, 4.69) is 10.2 Å². The number of carboxylic acids is 1. The van der Waals surface area contributed by atoms with Crippen molar-refractivity contribution in [3.05, 3.63) is 23.7 Å². The van der Waals surface area contributed by atoms with E-state index in [9.17, 15) is 9.59 Å². The van der Waals surface area contributed by atoms with Crippen molar-refractivity contribution in [2.45, 2.75) is 13.0 Å². The zero-order valence-corrected chi connectivity index (χ0v) is 10.2. The number of hydrogen-bond donors (Lipinski definition) is 2. The van der Waals surface area contributed by atoms with E-state index in [1.165, 1.54) is 6.07 Å². The fourth-order valence-corrected chi connectivity index (χ4v) is 2.06. The van der Waals surface area contributed by atoms with E-state index in [0.717, 1.165) is 19.5 Å². The minimum Gasteiger partial charge on any atom is -0.475 e. The lowest BCUT2D eigenvalue weighted by molar-refractivity contribution is -0.124. The highest BCUT2D eigenvalue weighted by Crippen LogP contribution is 2.14. The highest BCUT2D eigenvalue weighted by atomic mass is 16.4. The molecule has 1 saturated heterocycles. The Labute approximate surface area is 105 Å². The molecule has 98 valence electrons. The second kappa shape index (κ2) is 5.22. The number of carbonyl (C=O) groups excluding carboxylic acids is 1. The highest BCUT2D eigenvalue weighted by molar-refractivity contribution is 5.84. The van der Waals surface area contributed by atoms with Crippen LogP contribution >= 0.6 is 0 Å². The summed E-state index contributed by atoms with van der Waals surface area (Å²) in [5.74, 6) is -0.756. The molecule has 18 heavy (non-hydrogen) atoms. The largest absolute Gasteiger partial charge is 0.475 e. The van der Waals surface area contributed by atoms with Gasteiger partial charge in [0.1, 0.15) is 5.76 Å². The molecule has 0 saturated carbocycles. The summed E-state index contributed by atoms with van der Waals surface area (Å²) in [6.45, 7) is 1.93. The second-order valence-electron chi connectivity index (χ2n) is 4.54. The van der Waals surface area contributed by atoms with Crippen molar-refractivity contribution in [1.82, 2.24) is 10.2 Å². The summed E-state index contributed by atoms with van der Waals surface area (Å²) in [7, 11) is 1.99.